The largest absolute Gasteiger partial charge is 0.505 e. The predicted molar refractivity (Wildman–Crippen MR) is 93.1 cm³/mol. The van der Waals surface area contributed by atoms with Crippen LogP contribution in [-0.2, 0) is 15.7 Å². The first-order valence-corrected chi connectivity index (χ1v) is 8.27. The number of benzene rings is 1. The Kier molecular flexibility index (Phi) is 5.07. The molecule has 1 aliphatic rings. The summed E-state index contributed by atoms with van der Waals surface area (Å²) >= 11 is 0. The van der Waals surface area contributed by atoms with Crippen molar-refractivity contribution in [3.05, 3.63) is 47.4 Å². The van der Waals surface area contributed by atoms with Gasteiger partial charge in [-0.3, -0.25) is 4.79 Å². The Morgan fingerprint density at radius 3 is 2.62 bits per heavy atom. The molecule has 2 amide bonds. The number of likely N-dealkylation sites (N-methyl/N-ethyl adjacent to an activating group) is 1. The highest BCUT2D eigenvalue weighted by molar-refractivity contribution is 6.05. The molecule has 2 aromatic rings. The van der Waals surface area contributed by atoms with Crippen molar-refractivity contribution in [3.63, 3.8) is 0 Å². The fraction of sp³-hybridized carbons (Fsp3) is 0.278. The van der Waals surface area contributed by atoms with E-state index in [2.05, 4.69) is 4.98 Å². The van der Waals surface area contributed by atoms with E-state index >= 15 is 0 Å². The highest BCUT2D eigenvalue weighted by Crippen LogP contribution is 2.33. The van der Waals surface area contributed by atoms with E-state index in [0.29, 0.717) is 6.07 Å². The number of ether oxygens (including phenoxy) is 1. The van der Waals surface area contributed by atoms with Crippen molar-refractivity contribution in [2.45, 2.75) is 19.1 Å². The maximum absolute atomic E-state index is 13.2. The molecule has 1 atom stereocenters. The van der Waals surface area contributed by atoms with Crippen molar-refractivity contribution >= 4 is 23.5 Å². The molecule has 0 radical (unpaired) electrons. The zero-order valence-electron chi connectivity index (χ0n) is 15.2. The molecule has 1 saturated heterocycles. The van der Waals surface area contributed by atoms with Crippen LogP contribution in [0.5, 0.6) is 5.75 Å². The Morgan fingerprint density at radius 2 is 2.00 bits per heavy atom. The number of carbonyl (C=O) groups is 2. The molecule has 11 heteroatoms. The summed E-state index contributed by atoms with van der Waals surface area (Å²) < 4.78 is 57.4. The number of hydrogen-bond acceptors (Lipinski definition) is 5. The number of aromatic hydroxyl groups is 1. The topological polar surface area (TPSA) is 83.0 Å². The van der Waals surface area contributed by atoms with Crippen molar-refractivity contribution in [1.82, 2.24) is 4.98 Å². The average Bonchev–Trinajstić information content (AvgIpc) is 3.03. The fourth-order valence-corrected chi connectivity index (χ4v) is 2.86. The summed E-state index contributed by atoms with van der Waals surface area (Å²) in [5, 5.41) is 9.49. The van der Waals surface area contributed by atoms with Gasteiger partial charge in [0.15, 0.2) is 17.6 Å². The Hall–Kier alpha value is -3.37. The molecule has 1 aliphatic heterocycles. The van der Waals surface area contributed by atoms with E-state index in [1.807, 2.05) is 0 Å². The quantitative estimate of drug-likeness (QED) is 0.782. The number of pyridine rings is 1. The third kappa shape index (κ3) is 3.93. The van der Waals surface area contributed by atoms with Gasteiger partial charge in [-0.15, -0.1) is 0 Å². The lowest BCUT2D eigenvalue weighted by Crippen LogP contribution is -2.47. The van der Waals surface area contributed by atoms with Gasteiger partial charge in [0.2, 0.25) is 0 Å². The summed E-state index contributed by atoms with van der Waals surface area (Å²) in [7, 11) is 1.31. The SMILES string of the molecule is Cc1cc(C(F)(F)F)cc(N2C(=O)OC[C@H]2C(=O)N(C)c2ccc(F)c(O)c2)n1. The first-order valence-electron chi connectivity index (χ1n) is 8.27. The van der Waals surface area contributed by atoms with Crippen molar-refractivity contribution in [1.29, 1.82) is 0 Å². The van der Waals surface area contributed by atoms with Gasteiger partial charge in [-0.2, -0.15) is 13.2 Å². The van der Waals surface area contributed by atoms with E-state index in [1.54, 1.807) is 0 Å². The number of amides is 2. The average molecular weight is 413 g/mol. The zero-order valence-corrected chi connectivity index (χ0v) is 15.2. The van der Waals surface area contributed by atoms with Gasteiger partial charge >= 0.3 is 12.3 Å². The molecule has 154 valence electrons. The molecule has 0 saturated carbocycles. The number of anilines is 2. The lowest BCUT2D eigenvalue weighted by Gasteiger charge is -2.25. The number of phenolic OH excluding ortho intramolecular Hbond substituents is 1. The third-order valence-corrected chi connectivity index (χ3v) is 4.32. The van der Waals surface area contributed by atoms with Crippen molar-refractivity contribution < 1.29 is 37.0 Å². The molecule has 29 heavy (non-hydrogen) atoms. The minimum absolute atomic E-state index is 0.00228. The van der Waals surface area contributed by atoms with Crippen LogP contribution in [0.15, 0.2) is 30.3 Å². The number of aryl methyl sites for hydroxylation is 1. The Balaban J connectivity index is 1.95. The Bertz CT molecular complexity index is 980. The fourth-order valence-electron chi connectivity index (χ4n) is 2.86. The van der Waals surface area contributed by atoms with Crippen LogP contribution in [0.4, 0.5) is 33.9 Å². The number of hydrogen-bond donors (Lipinski definition) is 1. The van der Waals surface area contributed by atoms with E-state index in [4.69, 9.17) is 4.74 Å². The summed E-state index contributed by atoms with van der Waals surface area (Å²) in [4.78, 5) is 30.7. The summed E-state index contributed by atoms with van der Waals surface area (Å²) in [6.45, 7) is 0.913. The van der Waals surface area contributed by atoms with Gasteiger partial charge < -0.3 is 14.7 Å². The van der Waals surface area contributed by atoms with E-state index in [0.717, 1.165) is 28.0 Å². The molecule has 7 nitrogen and oxygen atoms in total. The zero-order chi connectivity index (χ0) is 21.5. The van der Waals surface area contributed by atoms with Crippen LogP contribution in [0.25, 0.3) is 0 Å². The number of phenols is 1. The summed E-state index contributed by atoms with van der Waals surface area (Å²) in [5.41, 5.74) is -0.915. The lowest BCUT2D eigenvalue weighted by molar-refractivity contribution is -0.137. The summed E-state index contributed by atoms with van der Waals surface area (Å²) in [6, 6.07) is 3.35. The van der Waals surface area contributed by atoms with Gasteiger partial charge in [0.25, 0.3) is 5.91 Å². The normalized spacial score (nSPS) is 16.7. The number of halogens is 4. The van der Waals surface area contributed by atoms with E-state index in [-0.39, 0.29) is 17.2 Å². The number of carbonyl (C=O) groups excluding carboxylic acids is 2. The Morgan fingerprint density at radius 1 is 1.31 bits per heavy atom. The van der Waals surface area contributed by atoms with Gasteiger partial charge in [-0.05, 0) is 31.2 Å². The van der Waals surface area contributed by atoms with E-state index in [9.17, 15) is 32.3 Å². The molecule has 1 aromatic heterocycles. The molecule has 0 bridgehead atoms. The van der Waals surface area contributed by atoms with Gasteiger partial charge in [0, 0.05) is 24.5 Å². The minimum Gasteiger partial charge on any atom is -0.505 e. The maximum Gasteiger partial charge on any atom is 0.416 e. The molecule has 0 unspecified atom stereocenters. The predicted octanol–water partition coefficient (Wildman–Crippen LogP) is 3.24. The van der Waals surface area contributed by atoms with Gasteiger partial charge in [0.05, 0.1) is 5.56 Å². The van der Waals surface area contributed by atoms with Crippen molar-refractivity contribution in [3.8, 4) is 5.75 Å². The minimum atomic E-state index is -4.67. The van der Waals surface area contributed by atoms with Crippen LogP contribution in [0.3, 0.4) is 0 Å². The lowest BCUT2D eigenvalue weighted by atomic mass is 10.2. The molecule has 2 heterocycles. The van der Waals surface area contributed by atoms with Crippen LogP contribution in [-0.4, -0.2) is 41.8 Å². The molecular formula is C18H15F4N3O4. The number of aromatic nitrogens is 1. The molecular weight excluding hydrogens is 398 g/mol. The van der Waals surface area contributed by atoms with Crippen LogP contribution in [0.2, 0.25) is 0 Å². The van der Waals surface area contributed by atoms with Gasteiger partial charge in [-0.1, -0.05) is 0 Å². The number of alkyl halides is 3. The van der Waals surface area contributed by atoms with Crippen LogP contribution in [0.1, 0.15) is 11.3 Å². The second kappa shape index (κ2) is 7.22. The molecule has 1 N–H and O–H groups in total. The van der Waals surface area contributed by atoms with Gasteiger partial charge in [-0.25, -0.2) is 19.1 Å². The number of rotatable bonds is 3. The molecule has 3 rings (SSSR count). The van der Waals surface area contributed by atoms with E-state index in [1.165, 1.54) is 20.0 Å². The second-order valence-electron chi connectivity index (χ2n) is 6.35. The van der Waals surface area contributed by atoms with Crippen LogP contribution < -0.4 is 9.80 Å². The third-order valence-electron chi connectivity index (χ3n) is 4.32. The maximum atomic E-state index is 13.2. The van der Waals surface area contributed by atoms with Gasteiger partial charge in [0.1, 0.15) is 12.4 Å². The molecule has 1 fully saturated rings. The smallest absolute Gasteiger partial charge is 0.416 e. The first-order chi connectivity index (χ1) is 13.5. The number of cyclic esters (lactones) is 1. The highest BCUT2D eigenvalue weighted by Gasteiger charge is 2.43. The second-order valence-corrected chi connectivity index (χ2v) is 6.35. The van der Waals surface area contributed by atoms with E-state index < -0.39 is 48.0 Å². The molecule has 1 aromatic carbocycles. The summed E-state index contributed by atoms with van der Waals surface area (Å²) in [5.74, 6) is -2.68. The first kappa shape index (κ1) is 20.4. The summed E-state index contributed by atoms with van der Waals surface area (Å²) in [6.07, 6.45) is -5.70. The van der Waals surface area contributed by atoms with Crippen molar-refractivity contribution in [2.24, 2.45) is 0 Å². The monoisotopic (exact) mass is 413 g/mol. The van der Waals surface area contributed by atoms with Crippen LogP contribution in [0, 0.1) is 12.7 Å². The standard InChI is InChI=1S/C18H15F4N3O4/c1-9-5-10(18(20,21)22)6-15(23-9)25-13(8-29-17(25)28)16(27)24(2)11-3-4-12(19)14(26)7-11/h3-7,13,26H,8H2,1-2H3/t13-/m0/s1. The molecule has 0 spiro atoms. The Labute approximate surface area is 162 Å². The van der Waals surface area contributed by atoms with Crippen molar-refractivity contribution in [2.75, 3.05) is 23.5 Å². The van der Waals surface area contributed by atoms with Crippen LogP contribution >= 0.6 is 0 Å². The number of nitrogens with zero attached hydrogens (tertiary/aromatic N) is 3. The molecule has 0 aliphatic carbocycles. The highest BCUT2D eigenvalue weighted by atomic mass is 19.4.